The predicted octanol–water partition coefficient (Wildman–Crippen LogP) is 3.26. The molecule has 1 aromatic heterocycles. The Morgan fingerprint density at radius 1 is 1.44 bits per heavy atom. The van der Waals surface area contributed by atoms with Gasteiger partial charge in [0.2, 0.25) is 0 Å². The molecule has 0 amide bonds. The van der Waals surface area contributed by atoms with Crippen LogP contribution >= 0.6 is 11.3 Å². The summed E-state index contributed by atoms with van der Waals surface area (Å²) in [5.74, 6) is -0.336. The highest BCUT2D eigenvalue weighted by Gasteiger charge is 2.10. The number of ether oxygens (including phenoxy) is 1. The number of halogens is 1. The van der Waals surface area contributed by atoms with E-state index in [1.165, 1.54) is 23.5 Å². The number of hydrogen-bond acceptors (Lipinski definition) is 3. The molecule has 1 aromatic carbocycles. The molecule has 2 nitrogen and oxygen atoms in total. The topological polar surface area (TPSA) is 26.3 Å². The van der Waals surface area contributed by atoms with E-state index in [1.54, 1.807) is 12.1 Å². The average Bonchev–Trinajstić information content (AvgIpc) is 2.68. The fourth-order valence-electron chi connectivity index (χ4n) is 1.42. The standard InChI is InChI=1S/C12H11FO2S/c1-2-15-7-10(14)12-6-8-5-9(13)3-4-11(8)16-12/h3-6H,2,7H2,1H3. The van der Waals surface area contributed by atoms with E-state index in [0.717, 1.165) is 10.1 Å². The van der Waals surface area contributed by atoms with Crippen LogP contribution in [0, 0.1) is 5.82 Å². The lowest BCUT2D eigenvalue weighted by Gasteiger charge is -1.96. The summed E-state index contributed by atoms with van der Waals surface area (Å²) in [6.07, 6.45) is 0. The molecule has 16 heavy (non-hydrogen) atoms. The Kier molecular flexibility index (Phi) is 3.31. The van der Waals surface area contributed by atoms with Crippen molar-refractivity contribution in [3.8, 4) is 0 Å². The second-order valence-corrected chi connectivity index (χ2v) is 4.44. The largest absolute Gasteiger partial charge is 0.374 e. The lowest BCUT2D eigenvalue weighted by molar-refractivity contribution is 0.0787. The number of ketones is 1. The maximum absolute atomic E-state index is 12.9. The highest BCUT2D eigenvalue weighted by molar-refractivity contribution is 7.20. The molecular formula is C12H11FO2S. The van der Waals surface area contributed by atoms with Crippen LogP contribution < -0.4 is 0 Å². The first-order chi connectivity index (χ1) is 7.70. The molecule has 0 bridgehead atoms. The fourth-order valence-corrected chi connectivity index (χ4v) is 2.38. The van der Waals surface area contributed by atoms with Crippen LogP contribution in [0.3, 0.4) is 0 Å². The molecule has 0 N–H and O–H groups in total. The molecule has 0 saturated carbocycles. The molecule has 4 heteroatoms. The maximum atomic E-state index is 12.9. The summed E-state index contributed by atoms with van der Waals surface area (Å²) in [6.45, 7) is 2.45. The molecule has 2 aromatic rings. The van der Waals surface area contributed by atoms with Crippen LogP contribution in [0.25, 0.3) is 10.1 Å². The maximum Gasteiger partial charge on any atom is 0.198 e. The third kappa shape index (κ3) is 2.28. The van der Waals surface area contributed by atoms with Crippen LogP contribution in [0.4, 0.5) is 4.39 Å². The zero-order chi connectivity index (χ0) is 11.5. The SMILES string of the molecule is CCOCC(=O)c1cc2cc(F)ccc2s1. The van der Waals surface area contributed by atoms with Gasteiger partial charge >= 0.3 is 0 Å². The van der Waals surface area contributed by atoms with Gasteiger partial charge in [0.25, 0.3) is 0 Å². The van der Waals surface area contributed by atoms with Crippen LogP contribution in [-0.2, 0) is 4.74 Å². The number of carbonyl (C=O) groups excluding carboxylic acids is 1. The van der Waals surface area contributed by atoms with Gasteiger partial charge < -0.3 is 4.74 Å². The monoisotopic (exact) mass is 238 g/mol. The molecule has 0 fully saturated rings. The molecule has 0 atom stereocenters. The normalized spacial score (nSPS) is 10.9. The predicted molar refractivity (Wildman–Crippen MR) is 62.6 cm³/mol. The first-order valence-corrected chi connectivity index (χ1v) is 5.82. The molecule has 0 aliphatic heterocycles. The summed E-state index contributed by atoms with van der Waals surface area (Å²) in [4.78, 5) is 12.3. The van der Waals surface area contributed by atoms with Gasteiger partial charge in [-0.3, -0.25) is 4.79 Å². The summed E-state index contributed by atoms with van der Waals surface area (Å²) in [6, 6.07) is 6.23. The molecule has 0 aliphatic carbocycles. The van der Waals surface area contributed by atoms with Crippen molar-refractivity contribution >= 4 is 27.2 Å². The molecule has 0 radical (unpaired) electrons. The van der Waals surface area contributed by atoms with Crippen LogP contribution in [-0.4, -0.2) is 19.0 Å². The highest BCUT2D eigenvalue weighted by Crippen LogP contribution is 2.26. The Morgan fingerprint density at radius 2 is 2.25 bits per heavy atom. The van der Waals surface area contributed by atoms with E-state index in [9.17, 15) is 9.18 Å². The minimum absolute atomic E-state index is 0.0524. The lowest BCUT2D eigenvalue weighted by Crippen LogP contribution is -2.06. The van der Waals surface area contributed by atoms with Gasteiger partial charge in [-0.15, -0.1) is 11.3 Å². The van der Waals surface area contributed by atoms with E-state index in [-0.39, 0.29) is 18.2 Å². The van der Waals surface area contributed by atoms with E-state index >= 15 is 0 Å². The van der Waals surface area contributed by atoms with Crippen LogP contribution in [0.15, 0.2) is 24.3 Å². The number of carbonyl (C=O) groups is 1. The van der Waals surface area contributed by atoms with E-state index < -0.39 is 0 Å². The van der Waals surface area contributed by atoms with E-state index in [0.29, 0.717) is 11.5 Å². The Bertz CT molecular complexity index is 519. The minimum Gasteiger partial charge on any atom is -0.374 e. The van der Waals surface area contributed by atoms with Gasteiger partial charge in [-0.1, -0.05) is 0 Å². The van der Waals surface area contributed by atoms with Gasteiger partial charge in [0.15, 0.2) is 5.78 Å². The number of hydrogen-bond donors (Lipinski definition) is 0. The summed E-state index contributed by atoms with van der Waals surface area (Å²) >= 11 is 1.37. The highest BCUT2D eigenvalue weighted by atomic mass is 32.1. The van der Waals surface area contributed by atoms with Gasteiger partial charge in [0.1, 0.15) is 12.4 Å². The van der Waals surface area contributed by atoms with E-state index in [4.69, 9.17) is 4.74 Å². The van der Waals surface area contributed by atoms with E-state index in [1.807, 2.05) is 6.92 Å². The molecule has 1 heterocycles. The molecule has 84 valence electrons. The average molecular weight is 238 g/mol. The van der Waals surface area contributed by atoms with Crippen molar-refractivity contribution in [3.63, 3.8) is 0 Å². The van der Waals surface area contributed by atoms with Gasteiger partial charge in [0, 0.05) is 11.3 Å². The van der Waals surface area contributed by atoms with Crippen molar-refractivity contribution in [2.24, 2.45) is 0 Å². The van der Waals surface area contributed by atoms with Crippen molar-refractivity contribution in [1.29, 1.82) is 0 Å². The molecule has 0 spiro atoms. The van der Waals surface area contributed by atoms with Crippen molar-refractivity contribution in [2.75, 3.05) is 13.2 Å². The first kappa shape index (κ1) is 11.2. The first-order valence-electron chi connectivity index (χ1n) is 5.00. The summed E-state index contributed by atoms with van der Waals surface area (Å²) in [7, 11) is 0. The van der Waals surface area contributed by atoms with Gasteiger partial charge in [-0.05, 0) is 36.6 Å². The van der Waals surface area contributed by atoms with Crippen molar-refractivity contribution in [3.05, 3.63) is 35.0 Å². The van der Waals surface area contributed by atoms with Crippen LogP contribution in [0.5, 0.6) is 0 Å². The number of thiophene rings is 1. The molecular weight excluding hydrogens is 227 g/mol. The quantitative estimate of drug-likeness (QED) is 0.764. The van der Waals surface area contributed by atoms with Gasteiger partial charge in [-0.2, -0.15) is 0 Å². The molecule has 2 rings (SSSR count). The fraction of sp³-hybridized carbons (Fsp3) is 0.250. The molecule has 0 unspecified atom stereocenters. The number of rotatable bonds is 4. The van der Waals surface area contributed by atoms with Gasteiger partial charge in [-0.25, -0.2) is 4.39 Å². The Hall–Kier alpha value is -1.26. The zero-order valence-electron chi connectivity index (χ0n) is 8.83. The third-order valence-corrected chi connectivity index (χ3v) is 3.35. The summed E-state index contributed by atoms with van der Waals surface area (Å²) in [5, 5.41) is 0.768. The summed E-state index contributed by atoms with van der Waals surface area (Å²) in [5.41, 5.74) is 0. The van der Waals surface area contributed by atoms with Crippen molar-refractivity contribution in [1.82, 2.24) is 0 Å². The Balaban J connectivity index is 2.28. The molecule has 0 aliphatic rings. The minimum atomic E-state index is -0.283. The van der Waals surface area contributed by atoms with E-state index in [2.05, 4.69) is 0 Å². The smallest absolute Gasteiger partial charge is 0.198 e. The number of benzene rings is 1. The molecule has 0 saturated heterocycles. The van der Waals surface area contributed by atoms with Crippen LogP contribution in [0.2, 0.25) is 0 Å². The zero-order valence-corrected chi connectivity index (χ0v) is 9.64. The number of fused-ring (bicyclic) bond motifs is 1. The third-order valence-electron chi connectivity index (χ3n) is 2.19. The second-order valence-electron chi connectivity index (χ2n) is 3.35. The Morgan fingerprint density at radius 3 is 3.00 bits per heavy atom. The van der Waals surface area contributed by atoms with Crippen molar-refractivity contribution in [2.45, 2.75) is 6.92 Å². The summed E-state index contributed by atoms with van der Waals surface area (Å²) < 4.78 is 18.9. The van der Waals surface area contributed by atoms with Gasteiger partial charge in [0.05, 0.1) is 4.88 Å². The second kappa shape index (κ2) is 4.72. The Labute approximate surface area is 96.7 Å². The lowest BCUT2D eigenvalue weighted by atomic mass is 10.2. The van der Waals surface area contributed by atoms with Crippen molar-refractivity contribution < 1.29 is 13.9 Å². The van der Waals surface area contributed by atoms with Crippen LogP contribution in [0.1, 0.15) is 16.6 Å². The number of Topliss-reactive ketones (excluding diaryl/α,β-unsaturated/α-hetero) is 1.